The predicted octanol–water partition coefficient (Wildman–Crippen LogP) is 2.51. The maximum Gasteiger partial charge on any atom is 0.0547 e. The van der Waals surface area contributed by atoms with Crippen LogP contribution < -0.4 is 5.32 Å². The highest BCUT2D eigenvalue weighted by molar-refractivity contribution is 4.90. The zero-order chi connectivity index (χ0) is 13.6. The molecule has 0 aromatic rings. The Kier molecular flexibility index (Phi) is 6.11. The van der Waals surface area contributed by atoms with Crippen molar-refractivity contribution in [1.29, 1.82) is 0 Å². The van der Waals surface area contributed by atoms with Gasteiger partial charge >= 0.3 is 0 Å². The molecule has 0 saturated carbocycles. The van der Waals surface area contributed by atoms with Crippen molar-refractivity contribution in [2.45, 2.75) is 46.0 Å². The summed E-state index contributed by atoms with van der Waals surface area (Å²) < 4.78 is 5.71. The van der Waals surface area contributed by atoms with Gasteiger partial charge in [-0.05, 0) is 44.7 Å². The lowest BCUT2D eigenvalue weighted by molar-refractivity contribution is 0.117. The van der Waals surface area contributed by atoms with Gasteiger partial charge in [-0.25, -0.2) is 0 Å². The third kappa shape index (κ3) is 4.44. The van der Waals surface area contributed by atoms with E-state index in [1.165, 1.54) is 51.7 Å². The SMILES string of the molecule is CCCNCC1(CN2CCC(CCC)C2)CCOC1. The van der Waals surface area contributed by atoms with Crippen molar-refractivity contribution in [2.75, 3.05) is 45.9 Å². The second-order valence-electron chi connectivity index (χ2n) is 6.66. The number of hydrogen-bond acceptors (Lipinski definition) is 3. The van der Waals surface area contributed by atoms with Gasteiger partial charge in [0.25, 0.3) is 0 Å². The fraction of sp³-hybridized carbons (Fsp3) is 1.00. The first-order valence-corrected chi connectivity index (χ1v) is 8.29. The van der Waals surface area contributed by atoms with Gasteiger partial charge < -0.3 is 15.0 Å². The summed E-state index contributed by atoms with van der Waals surface area (Å²) in [7, 11) is 0. The van der Waals surface area contributed by atoms with Gasteiger partial charge in [0.1, 0.15) is 0 Å². The van der Waals surface area contributed by atoms with Crippen LogP contribution in [0.4, 0.5) is 0 Å². The molecule has 2 rings (SSSR count). The summed E-state index contributed by atoms with van der Waals surface area (Å²) >= 11 is 0. The minimum absolute atomic E-state index is 0.385. The Morgan fingerprint density at radius 1 is 1.32 bits per heavy atom. The maximum absolute atomic E-state index is 5.71. The van der Waals surface area contributed by atoms with E-state index >= 15 is 0 Å². The second kappa shape index (κ2) is 7.61. The highest BCUT2D eigenvalue weighted by Crippen LogP contribution is 2.32. The van der Waals surface area contributed by atoms with E-state index in [1.54, 1.807) is 0 Å². The van der Waals surface area contributed by atoms with E-state index in [0.29, 0.717) is 5.41 Å². The smallest absolute Gasteiger partial charge is 0.0547 e. The monoisotopic (exact) mass is 268 g/mol. The molecule has 0 aromatic carbocycles. The third-order valence-electron chi connectivity index (χ3n) is 4.74. The first-order chi connectivity index (χ1) is 9.28. The van der Waals surface area contributed by atoms with Gasteiger partial charge in [-0.1, -0.05) is 20.3 Å². The molecule has 2 atom stereocenters. The fourth-order valence-corrected chi connectivity index (χ4v) is 3.67. The number of ether oxygens (including phenoxy) is 1. The van der Waals surface area contributed by atoms with Gasteiger partial charge in [0.15, 0.2) is 0 Å². The van der Waals surface area contributed by atoms with Crippen LogP contribution in [0.25, 0.3) is 0 Å². The molecule has 3 heteroatoms. The Bertz CT molecular complexity index is 251. The highest BCUT2D eigenvalue weighted by Gasteiger charge is 2.37. The van der Waals surface area contributed by atoms with Crippen LogP contribution >= 0.6 is 0 Å². The molecule has 1 N–H and O–H groups in total. The molecule has 19 heavy (non-hydrogen) atoms. The Labute approximate surface area is 119 Å². The molecule has 0 spiro atoms. The molecule has 3 nitrogen and oxygen atoms in total. The molecule has 2 unspecified atom stereocenters. The van der Waals surface area contributed by atoms with Crippen LogP contribution in [0.3, 0.4) is 0 Å². The number of nitrogens with one attached hydrogen (secondary N) is 1. The minimum Gasteiger partial charge on any atom is -0.381 e. The van der Waals surface area contributed by atoms with Crippen molar-refractivity contribution < 1.29 is 4.74 Å². The summed E-state index contributed by atoms with van der Waals surface area (Å²) in [5.74, 6) is 0.952. The van der Waals surface area contributed by atoms with Crippen molar-refractivity contribution in [3.63, 3.8) is 0 Å². The van der Waals surface area contributed by atoms with Gasteiger partial charge in [0.2, 0.25) is 0 Å². The number of hydrogen-bond donors (Lipinski definition) is 1. The summed E-state index contributed by atoms with van der Waals surface area (Å²) in [4.78, 5) is 2.70. The van der Waals surface area contributed by atoms with Crippen molar-refractivity contribution in [3.8, 4) is 0 Å². The molecular weight excluding hydrogens is 236 g/mol. The van der Waals surface area contributed by atoms with E-state index in [4.69, 9.17) is 4.74 Å². The summed E-state index contributed by atoms with van der Waals surface area (Å²) in [6.07, 6.45) is 6.62. The van der Waals surface area contributed by atoms with Crippen LogP contribution in [0, 0.1) is 11.3 Å². The lowest BCUT2D eigenvalue weighted by atomic mass is 9.86. The zero-order valence-corrected chi connectivity index (χ0v) is 12.9. The quantitative estimate of drug-likeness (QED) is 0.685. The lowest BCUT2D eigenvalue weighted by Crippen LogP contribution is -2.44. The van der Waals surface area contributed by atoms with E-state index in [2.05, 4.69) is 24.1 Å². The van der Waals surface area contributed by atoms with Crippen LogP contribution in [0.5, 0.6) is 0 Å². The van der Waals surface area contributed by atoms with Crippen LogP contribution in [0.15, 0.2) is 0 Å². The van der Waals surface area contributed by atoms with Crippen molar-refractivity contribution in [2.24, 2.45) is 11.3 Å². The molecular formula is C16H32N2O. The average molecular weight is 268 g/mol. The van der Waals surface area contributed by atoms with E-state index in [1.807, 2.05) is 0 Å². The molecule has 2 heterocycles. The Hall–Kier alpha value is -0.120. The topological polar surface area (TPSA) is 24.5 Å². The average Bonchev–Trinajstić information content (AvgIpc) is 3.01. The summed E-state index contributed by atoms with van der Waals surface area (Å²) in [6, 6.07) is 0. The molecule has 0 radical (unpaired) electrons. The molecule has 0 aromatic heterocycles. The van der Waals surface area contributed by atoms with Crippen LogP contribution in [-0.4, -0.2) is 50.8 Å². The van der Waals surface area contributed by atoms with Crippen molar-refractivity contribution in [1.82, 2.24) is 10.2 Å². The highest BCUT2D eigenvalue weighted by atomic mass is 16.5. The largest absolute Gasteiger partial charge is 0.381 e. The van der Waals surface area contributed by atoms with Crippen LogP contribution in [0.2, 0.25) is 0 Å². The first-order valence-electron chi connectivity index (χ1n) is 8.29. The van der Waals surface area contributed by atoms with Gasteiger partial charge in [0.05, 0.1) is 6.61 Å². The first kappa shape index (κ1) is 15.3. The molecule has 112 valence electrons. The predicted molar refractivity (Wildman–Crippen MR) is 80.5 cm³/mol. The van der Waals surface area contributed by atoms with Gasteiger partial charge in [-0.2, -0.15) is 0 Å². The second-order valence-corrected chi connectivity index (χ2v) is 6.66. The molecule has 0 bridgehead atoms. The Morgan fingerprint density at radius 2 is 2.21 bits per heavy atom. The normalized spacial score (nSPS) is 32.2. The van der Waals surface area contributed by atoms with E-state index in [9.17, 15) is 0 Å². The van der Waals surface area contributed by atoms with E-state index in [-0.39, 0.29) is 0 Å². The zero-order valence-electron chi connectivity index (χ0n) is 12.9. The molecule has 2 aliphatic heterocycles. The Balaban J connectivity index is 1.80. The fourth-order valence-electron chi connectivity index (χ4n) is 3.67. The van der Waals surface area contributed by atoms with Crippen molar-refractivity contribution in [3.05, 3.63) is 0 Å². The number of likely N-dealkylation sites (tertiary alicyclic amines) is 1. The number of nitrogens with zero attached hydrogens (tertiary/aromatic N) is 1. The van der Waals surface area contributed by atoms with Gasteiger partial charge in [-0.15, -0.1) is 0 Å². The minimum atomic E-state index is 0.385. The van der Waals surface area contributed by atoms with Crippen LogP contribution in [0.1, 0.15) is 46.0 Å². The molecule has 0 amide bonds. The van der Waals surface area contributed by atoms with E-state index in [0.717, 1.165) is 32.2 Å². The van der Waals surface area contributed by atoms with Gasteiger partial charge in [-0.3, -0.25) is 0 Å². The standard InChI is InChI=1S/C16H32N2O/c1-3-5-15-6-9-18(11-15)13-16(7-10-19-14-16)12-17-8-4-2/h15,17H,3-14H2,1-2H3. The maximum atomic E-state index is 5.71. The molecule has 0 aliphatic carbocycles. The van der Waals surface area contributed by atoms with E-state index < -0.39 is 0 Å². The van der Waals surface area contributed by atoms with Crippen LogP contribution in [-0.2, 0) is 4.74 Å². The molecule has 2 saturated heterocycles. The summed E-state index contributed by atoms with van der Waals surface area (Å²) in [5.41, 5.74) is 0.385. The molecule has 2 fully saturated rings. The summed E-state index contributed by atoms with van der Waals surface area (Å²) in [5, 5.41) is 3.62. The molecule has 2 aliphatic rings. The summed E-state index contributed by atoms with van der Waals surface area (Å²) in [6.45, 7) is 12.6. The third-order valence-corrected chi connectivity index (χ3v) is 4.74. The number of rotatable bonds is 8. The van der Waals surface area contributed by atoms with Gasteiger partial charge in [0, 0.05) is 31.7 Å². The lowest BCUT2D eigenvalue weighted by Gasteiger charge is -2.32. The Morgan fingerprint density at radius 3 is 2.89 bits per heavy atom. The van der Waals surface area contributed by atoms with Crippen molar-refractivity contribution >= 4 is 0 Å².